The Morgan fingerprint density at radius 1 is 1.20 bits per heavy atom. The maximum absolute atomic E-state index is 12.2. The van der Waals surface area contributed by atoms with E-state index in [1.54, 1.807) is 18.2 Å². The molecule has 3 rings (SSSR count). The summed E-state index contributed by atoms with van der Waals surface area (Å²) in [6, 6.07) is 12.3. The second kappa shape index (κ2) is 5.35. The van der Waals surface area contributed by atoms with Crippen LogP contribution in [0.5, 0.6) is 5.75 Å². The molecule has 0 aliphatic carbocycles. The standard InChI is InChI=1S/C16H16N2O2/c19-13-5-1-3-11(9-13)16(20)18-15-6-2-4-12-10-17-8-7-14(12)15/h1-6,9,17,19H,7-8,10H2,(H,18,20). The highest BCUT2D eigenvalue weighted by atomic mass is 16.3. The minimum Gasteiger partial charge on any atom is -0.508 e. The van der Waals surface area contributed by atoms with Gasteiger partial charge in [-0.1, -0.05) is 18.2 Å². The Kier molecular flexibility index (Phi) is 3.39. The number of anilines is 1. The normalized spacial score (nSPS) is 13.6. The predicted molar refractivity (Wildman–Crippen MR) is 77.9 cm³/mol. The third-order valence-corrected chi connectivity index (χ3v) is 3.50. The molecule has 2 aromatic carbocycles. The van der Waals surface area contributed by atoms with Crippen LogP contribution >= 0.6 is 0 Å². The van der Waals surface area contributed by atoms with Gasteiger partial charge in [0.05, 0.1) is 0 Å². The summed E-state index contributed by atoms with van der Waals surface area (Å²) in [5, 5.41) is 15.7. The van der Waals surface area contributed by atoms with Crippen molar-refractivity contribution in [2.75, 3.05) is 11.9 Å². The van der Waals surface area contributed by atoms with Crippen LogP contribution in [0.4, 0.5) is 5.69 Å². The van der Waals surface area contributed by atoms with E-state index in [1.807, 2.05) is 12.1 Å². The largest absolute Gasteiger partial charge is 0.508 e. The van der Waals surface area contributed by atoms with Crippen molar-refractivity contribution in [3.63, 3.8) is 0 Å². The van der Waals surface area contributed by atoms with Gasteiger partial charge in [0.25, 0.3) is 5.91 Å². The maximum atomic E-state index is 12.2. The molecule has 20 heavy (non-hydrogen) atoms. The van der Waals surface area contributed by atoms with Crippen LogP contribution in [-0.2, 0) is 13.0 Å². The van der Waals surface area contributed by atoms with Gasteiger partial charge in [0, 0.05) is 17.8 Å². The number of carbonyl (C=O) groups is 1. The van der Waals surface area contributed by atoms with E-state index in [-0.39, 0.29) is 11.7 Å². The van der Waals surface area contributed by atoms with Gasteiger partial charge in [-0.2, -0.15) is 0 Å². The average molecular weight is 268 g/mol. The molecule has 1 aliphatic rings. The molecule has 1 amide bonds. The Bertz CT molecular complexity index is 653. The van der Waals surface area contributed by atoms with E-state index in [1.165, 1.54) is 17.2 Å². The number of benzene rings is 2. The molecule has 0 bridgehead atoms. The first kappa shape index (κ1) is 12.7. The van der Waals surface area contributed by atoms with Gasteiger partial charge in [0.2, 0.25) is 0 Å². The number of hydrogen-bond acceptors (Lipinski definition) is 3. The SMILES string of the molecule is O=C(Nc1cccc2c1CCNC2)c1cccc(O)c1. The lowest BCUT2D eigenvalue weighted by Gasteiger charge is -2.20. The molecule has 1 aliphatic heterocycles. The molecule has 0 unspecified atom stereocenters. The summed E-state index contributed by atoms with van der Waals surface area (Å²) >= 11 is 0. The van der Waals surface area contributed by atoms with E-state index >= 15 is 0 Å². The second-order valence-corrected chi connectivity index (χ2v) is 4.87. The quantitative estimate of drug-likeness (QED) is 0.783. The molecule has 0 fully saturated rings. The molecule has 0 saturated heterocycles. The van der Waals surface area contributed by atoms with Crippen molar-refractivity contribution in [2.24, 2.45) is 0 Å². The van der Waals surface area contributed by atoms with Gasteiger partial charge in [0.1, 0.15) is 5.75 Å². The van der Waals surface area contributed by atoms with E-state index in [4.69, 9.17) is 0 Å². The average Bonchev–Trinajstić information content (AvgIpc) is 2.47. The molecule has 0 aromatic heterocycles. The van der Waals surface area contributed by atoms with E-state index in [0.29, 0.717) is 5.56 Å². The number of aromatic hydroxyl groups is 1. The third-order valence-electron chi connectivity index (χ3n) is 3.50. The van der Waals surface area contributed by atoms with Crippen molar-refractivity contribution < 1.29 is 9.90 Å². The van der Waals surface area contributed by atoms with Crippen molar-refractivity contribution in [3.05, 3.63) is 59.2 Å². The fourth-order valence-corrected chi connectivity index (χ4v) is 2.49. The van der Waals surface area contributed by atoms with Crippen molar-refractivity contribution in [1.82, 2.24) is 5.32 Å². The van der Waals surface area contributed by atoms with Gasteiger partial charge in [-0.05, 0) is 48.4 Å². The molecule has 0 saturated carbocycles. The summed E-state index contributed by atoms with van der Waals surface area (Å²) in [5.74, 6) is -0.107. The van der Waals surface area contributed by atoms with Gasteiger partial charge >= 0.3 is 0 Å². The minimum atomic E-state index is -0.201. The number of amides is 1. The van der Waals surface area contributed by atoms with Gasteiger partial charge in [-0.15, -0.1) is 0 Å². The van der Waals surface area contributed by atoms with Crippen LogP contribution in [0.25, 0.3) is 0 Å². The molecular weight excluding hydrogens is 252 g/mol. The molecule has 0 spiro atoms. The molecule has 4 heteroatoms. The van der Waals surface area contributed by atoms with Gasteiger partial charge in [0.15, 0.2) is 0 Å². The van der Waals surface area contributed by atoms with E-state index in [0.717, 1.165) is 25.2 Å². The van der Waals surface area contributed by atoms with Crippen LogP contribution in [0.15, 0.2) is 42.5 Å². The molecular formula is C16H16N2O2. The molecule has 0 atom stereocenters. The van der Waals surface area contributed by atoms with E-state index < -0.39 is 0 Å². The monoisotopic (exact) mass is 268 g/mol. The lowest BCUT2D eigenvalue weighted by Crippen LogP contribution is -2.25. The van der Waals surface area contributed by atoms with E-state index in [2.05, 4.69) is 16.7 Å². The minimum absolute atomic E-state index is 0.0944. The van der Waals surface area contributed by atoms with E-state index in [9.17, 15) is 9.90 Å². The summed E-state index contributed by atoms with van der Waals surface area (Å²) < 4.78 is 0. The van der Waals surface area contributed by atoms with Gasteiger partial charge in [-0.3, -0.25) is 4.79 Å². The zero-order chi connectivity index (χ0) is 13.9. The zero-order valence-corrected chi connectivity index (χ0v) is 11.0. The Hall–Kier alpha value is -2.33. The molecule has 1 heterocycles. The van der Waals surface area contributed by atoms with Gasteiger partial charge in [-0.25, -0.2) is 0 Å². The van der Waals surface area contributed by atoms with Crippen molar-refractivity contribution in [3.8, 4) is 5.75 Å². The summed E-state index contributed by atoms with van der Waals surface area (Å²) in [7, 11) is 0. The van der Waals surface area contributed by atoms with Crippen molar-refractivity contribution in [2.45, 2.75) is 13.0 Å². The van der Waals surface area contributed by atoms with Crippen LogP contribution in [0.2, 0.25) is 0 Å². The van der Waals surface area contributed by atoms with Crippen molar-refractivity contribution in [1.29, 1.82) is 0 Å². The maximum Gasteiger partial charge on any atom is 0.255 e. The highest BCUT2D eigenvalue weighted by Gasteiger charge is 2.14. The topological polar surface area (TPSA) is 61.4 Å². The summed E-state index contributed by atoms with van der Waals surface area (Å²) in [6.45, 7) is 1.76. The van der Waals surface area contributed by atoms with Crippen LogP contribution in [0.1, 0.15) is 21.5 Å². The Balaban J connectivity index is 1.86. The Labute approximate surface area is 117 Å². The zero-order valence-electron chi connectivity index (χ0n) is 11.0. The predicted octanol–water partition coefficient (Wildman–Crippen LogP) is 2.29. The molecule has 2 aromatic rings. The highest BCUT2D eigenvalue weighted by molar-refractivity contribution is 6.05. The summed E-state index contributed by atoms with van der Waals surface area (Å²) in [6.07, 6.45) is 0.909. The lowest BCUT2D eigenvalue weighted by atomic mass is 9.99. The van der Waals surface area contributed by atoms with Crippen LogP contribution in [0.3, 0.4) is 0 Å². The number of nitrogens with one attached hydrogen (secondary N) is 2. The fourth-order valence-electron chi connectivity index (χ4n) is 2.49. The van der Waals surface area contributed by atoms with Gasteiger partial charge < -0.3 is 15.7 Å². The van der Waals surface area contributed by atoms with Crippen LogP contribution < -0.4 is 10.6 Å². The smallest absolute Gasteiger partial charge is 0.255 e. The Morgan fingerprint density at radius 3 is 2.90 bits per heavy atom. The third kappa shape index (κ3) is 2.51. The number of phenolic OH excluding ortho intramolecular Hbond substituents is 1. The number of phenols is 1. The van der Waals surface area contributed by atoms with Crippen molar-refractivity contribution >= 4 is 11.6 Å². The first-order valence-corrected chi connectivity index (χ1v) is 6.66. The summed E-state index contributed by atoms with van der Waals surface area (Å²) in [4.78, 5) is 12.2. The molecule has 3 N–H and O–H groups in total. The highest BCUT2D eigenvalue weighted by Crippen LogP contribution is 2.24. The molecule has 102 valence electrons. The van der Waals surface area contributed by atoms with Crippen LogP contribution in [-0.4, -0.2) is 17.6 Å². The first-order valence-electron chi connectivity index (χ1n) is 6.66. The second-order valence-electron chi connectivity index (χ2n) is 4.87. The molecule has 0 radical (unpaired) electrons. The molecule has 4 nitrogen and oxygen atoms in total. The number of carbonyl (C=O) groups excluding carboxylic acids is 1. The lowest BCUT2D eigenvalue weighted by molar-refractivity contribution is 0.102. The number of rotatable bonds is 2. The number of fused-ring (bicyclic) bond motifs is 1. The Morgan fingerprint density at radius 2 is 2.05 bits per heavy atom. The number of hydrogen-bond donors (Lipinski definition) is 3. The first-order chi connectivity index (χ1) is 9.74. The summed E-state index contributed by atoms with van der Waals surface area (Å²) in [5.41, 5.74) is 3.73. The fraction of sp³-hybridized carbons (Fsp3) is 0.188. The van der Waals surface area contributed by atoms with Crippen LogP contribution in [0, 0.1) is 0 Å².